The quantitative estimate of drug-likeness (QED) is 0.135. The van der Waals surface area contributed by atoms with Crippen LogP contribution in [0, 0.1) is 56.7 Å². The highest BCUT2D eigenvalue weighted by atomic mass is 32.2. The molecule has 0 bridgehead atoms. The van der Waals surface area contributed by atoms with Crippen molar-refractivity contribution in [1.82, 2.24) is 4.90 Å². The van der Waals surface area contributed by atoms with Gasteiger partial charge in [0.05, 0.1) is 11.5 Å². The number of halogens is 1. The molecule has 0 N–H and O–H groups in total. The topological polar surface area (TPSA) is 80.8 Å². The third-order valence-electron chi connectivity index (χ3n) is 17.2. The summed E-state index contributed by atoms with van der Waals surface area (Å²) in [6.07, 6.45) is 11.3. The van der Waals surface area contributed by atoms with E-state index in [2.05, 4.69) is 53.0 Å². The van der Waals surface area contributed by atoms with Gasteiger partial charge in [0.1, 0.15) is 17.7 Å². The lowest BCUT2D eigenvalue weighted by Crippen LogP contribution is -2.67. The monoisotopic (exact) mass is 749 g/mol. The Balaban J connectivity index is 1.13. The SMILES string of the molecule is C=C(C)[C@@H]1CC[C@]2(C(=O)CCCCN3CCS(=O)(=O)CC3)CC[C@]3(C)[C@H](CC[C@@H]4[C@@]5(C)[C@H](F)C=C(c6ccc(OC=O)cc6)C(C)(C)[C@@H]5CC[C@]43C)[C@@H]12. The lowest BCUT2D eigenvalue weighted by atomic mass is 9.32. The van der Waals surface area contributed by atoms with Gasteiger partial charge in [-0.2, -0.15) is 0 Å². The minimum atomic E-state index is -2.89. The second-order valence-corrected chi connectivity index (χ2v) is 21.8. The van der Waals surface area contributed by atoms with Crippen molar-refractivity contribution in [3.63, 3.8) is 0 Å². The summed E-state index contributed by atoms with van der Waals surface area (Å²) in [5, 5.41) is 0. The molecule has 1 aromatic carbocycles. The van der Waals surface area contributed by atoms with Crippen LogP contribution >= 0.6 is 0 Å². The standard InChI is InChI=1S/C45H64FNO5S/c1-30(2)33-17-20-45(39(49)10-8-9-23-47-24-26-53(50,51)27-25-47)22-21-42(5)34(40(33)45)15-16-37-43(42,6)19-18-36-41(3,4)35(28-38(46)44(36,37)7)31-11-13-32(14-12-31)52-29-48/h11-14,28-29,33-34,36-38,40H,1,8-10,15-27H2,2-7H3/t33-,34+,36-,37-,38+,40+,42+,43+,44-,45+/m0/s1. The summed E-state index contributed by atoms with van der Waals surface area (Å²) in [7, 11) is -2.89. The van der Waals surface area contributed by atoms with Crippen LogP contribution in [-0.2, 0) is 19.4 Å². The first-order chi connectivity index (χ1) is 24.9. The maximum absolute atomic E-state index is 17.3. The number of carbonyl (C=O) groups excluding carboxylic acids is 2. The minimum Gasteiger partial charge on any atom is -0.429 e. The molecule has 53 heavy (non-hydrogen) atoms. The van der Waals surface area contributed by atoms with E-state index in [0.717, 1.165) is 81.9 Å². The molecule has 1 heterocycles. The van der Waals surface area contributed by atoms with Crippen LogP contribution < -0.4 is 4.74 Å². The normalized spacial score (nSPS) is 41.5. The number of alkyl halides is 1. The minimum absolute atomic E-state index is 0.00719. The van der Waals surface area contributed by atoms with E-state index < -0.39 is 21.4 Å². The number of ether oxygens (including phenoxy) is 1. The zero-order valence-corrected chi connectivity index (χ0v) is 34.0. The lowest BCUT2D eigenvalue weighted by Gasteiger charge is -2.72. The van der Waals surface area contributed by atoms with Gasteiger partial charge < -0.3 is 9.64 Å². The van der Waals surface area contributed by atoms with Gasteiger partial charge in [-0.1, -0.05) is 58.9 Å². The molecule has 8 heteroatoms. The van der Waals surface area contributed by atoms with Crippen LogP contribution in [0.3, 0.4) is 0 Å². The molecule has 0 aromatic heterocycles. The average Bonchev–Trinajstić information content (AvgIpc) is 3.51. The van der Waals surface area contributed by atoms with E-state index in [1.54, 1.807) is 12.1 Å². The fourth-order valence-corrected chi connectivity index (χ4v) is 15.5. The van der Waals surface area contributed by atoms with Crippen molar-refractivity contribution in [2.75, 3.05) is 31.1 Å². The van der Waals surface area contributed by atoms with E-state index in [-0.39, 0.29) is 45.0 Å². The van der Waals surface area contributed by atoms with Crippen LogP contribution in [0.15, 0.2) is 42.5 Å². The highest BCUT2D eigenvalue weighted by Crippen LogP contribution is 2.78. The molecule has 0 amide bonds. The first-order valence-corrected chi connectivity index (χ1v) is 22.5. The largest absolute Gasteiger partial charge is 0.429 e. The van der Waals surface area contributed by atoms with Gasteiger partial charge in [0.25, 0.3) is 6.47 Å². The summed E-state index contributed by atoms with van der Waals surface area (Å²) in [4.78, 5) is 27.7. The molecular formula is C45H64FNO5S. The molecule has 292 valence electrons. The number of fused-ring (bicyclic) bond motifs is 7. The van der Waals surface area contributed by atoms with Crippen molar-refractivity contribution in [2.24, 2.45) is 56.7 Å². The second kappa shape index (κ2) is 13.7. The third kappa shape index (κ3) is 6.05. The van der Waals surface area contributed by atoms with Gasteiger partial charge in [0, 0.05) is 30.3 Å². The number of rotatable bonds is 10. The first-order valence-electron chi connectivity index (χ1n) is 20.6. The Morgan fingerprint density at radius 3 is 2.28 bits per heavy atom. The van der Waals surface area contributed by atoms with Crippen molar-refractivity contribution < 1.29 is 27.1 Å². The van der Waals surface area contributed by atoms with Crippen LogP contribution in [0.2, 0.25) is 0 Å². The fraction of sp³-hybridized carbons (Fsp3) is 0.733. The molecule has 5 fully saturated rings. The molecule has 5 aliphatic carbocycles. The van der Waals surface area contributed by atoms with E-state index in [0.29, 0.717) is 55.3 Å². The summed E-state index contributed by atoms with van der Waals surface area (Å²) in [6, 6.07) is 7.50. The molecule has 10 atom stereocenters. The highest BCUT2D eigenvalue weighted by molar-refractivity contribution is 7.91. The number of hydrogen-bond acceptors (Lipinski definition) is 6. The van der Waals surface area contributed by atoms with Crippen molar-refractivity contribution >= 4 is 27.7 Å². The summed E-state index contributed by atoms with van der Waals surface area (Å²) >= 11 is 0. The Kier molecular flexibility index (Phi) is 10.1. The van der Waals surface area contributed by atoms with Gasteiger partial charge in [0.15, 0.2) is 9.84 Å². The zero-order chi connectivity index (χ0) is 38.2. The summed E-state index contributed by atoms with van der Waals surface area (Å²) < 4.78 is 46.1. The molecule has 1 aromatic rings. The summed E-state index contributed by atoms with van der Waals surface area (Å²) in [5.41, 5.74) is 2.20. The first kappa shape index (κ1) is 38.9. The molecule has 6 aliphatic rings. The van der Waals surface area contributed by atoms with E-state index in [4.69, 9.17) is 4.74 Å². The number of unbranched alkanes of at least 4 members (excludes halogenated alkanes) is 1. The summed E-state index contributed by atoms with van der Waals surface area (Å²) in [6.45, 7) is 21.2. The number of carbonyl (C=O) groups is 2. The van der Waals surface area contributed by atoms with Gasteiger partial charge in [-0.05, 0) is 153 Å². The van der Waals surface area contributed by atoms with Gasteiger partial charge >= 0.3 is 0 Å². The Bertz CT molecular complexity index is 1740. The van der Waals surface area contributed by atoms with Gasteiger partial charge in [-0.3, -0.25) is 9.59 Å². The van der Waals surface area contributed by atoms with Crippen molar-refractivity contribution in [3.05, 3.63) is 48.1 Å². The Labute approximate surface area is 318 Å². The average molecular weight is 750 g/mol. The Morgan fingerprint density at radius 1 is 0.925 bits per heavy atom. The van der Waals surface area contributed by atoms with E-state index in [9.17, 15) is 18.0 Å². The molecular weight excluding hydrogens is 686 g/mol. The number of Topliss-reactive ketones (excluding diaryl/α,β-unsaturated/α-hetero) is 1. The predicted molar refractivity (Wildman–Crippen MR) is 210 cm³/mol. The van der Waals surface area contributed by atoms with Crippen LogP contribution in [0.1, 0.15) is 118 Å². The van der Waals surface area contributed by atoms with E-state index in [1.807, 2.05) is 18.2 Å². The number of allylic oxidation sites excluding steroid dienone is 3. The maximum atomic E-state index is 17.3. The maximum Gasteiger partial charge on any atom is 0.298 e. The van der Waals surface area contributed by atoms with Crippen molar-refractivity contribution in [2.45, 2.75) is 118 Å². The highest BCUT2D eigenvalue weighted by Gasteiger charge is 2.72. The zero-order valence-electron chi connectivity index (χ0n) is 33.2. The van der Waals surface area contributed by atoms with Crippen molar-refractivity contribution in [3.8, 4) is 5.75 Å². The molecule has 0 radical (unpaired) electrons. The smallest absolute Gasteiger partial charge is 0.298 e. The van der Waals surface area contributed by atoms with Crippen LogP contribution in [0.5, 0.6) is 5.75 Å². The number of ketones is 1. The van der Waals surface area contributed by atoms with E-state index >= 15 is 4.39 Å². The second-order valence-electron chi connectivity index (χ2n) is 19.5. The van der Waals surface area contributed by atoms with Gasteiger partial charge in [0.2, 0.25) is 0 Å². The van der Waals surface area contributed by atoms with Crippen LogP contribution in [0.25, 0.3) is 5.57 Å². The number of benzene rings is 1. The van der Waals surface area contributed by atoms with Gasteiger partial charge in [-0.25, -0.2) is 12.8 Å². The molecule has 1 aliphatic heterocycles. The number of sulfone groups is 1. The Hall–Kier alpha value is -2.32. The summed E-state index contributed by atoms with van der Waals surface area (Å²) in [5.74, 6) is 2.91. The number of hydrogen-bond donors (Lipinski definition) is 0. The fourth-order valence-electron chi connectivity index (χ4n) is 14.2. The van der Waals surface area contributed by atoms with E-state index in [1.165, 1.54) is 5.57 Å². The lowest BCUT2D eigenvalue weighted by molar-refractivity contribution is -0.234. The van der Waals surface area contributed by atoms with Gasteiger partial charge in [-0.15, -0.1) is 0 Å². The molecule has 7 rings (SSSR count). The van der Waals surface area contributed by atoms with Crippen molar-refractivity contribution in [1.29, 1.82) is 0 Å². The Morgan fingerprint density at radius 2 is 1.62 bits per heavy atom. The van der Waals surface area contributed by atoms with Crippen LogP contribution in [0.4, 0.5) is 4.39 Å². The third-order valence-corrected chi connectivity index (χ3v) is 18.8. The number of nitrogens with zero attached hydrogens (tertiary/aromatic N) is 1. The molecule has 4 saturated carbocycles. The van der Waals surface area contributed by atoms with Crippen LogP contribution in [-0.4, -0.2) is 62.9 Å². The molecule has 0 spiro atoms. The molecule has 6 nitrogen and oxygen atoms in total. The molecule has 0 unspecified atom stereocenters. The predicted octanol–water partition coefficient (Wildman–Crippen LogP) is 9.29. The molecule has 1 saturated heterocycles.